The summed E-state index contributed by atoms with van der Waals surface area (Å²) in [6, 6.07) is 9.34. The number of carbonyl (C=O) groups excluding carboxylic acids is 1. The quantitative estimate of drug-likeness (QED) is 0.642. The summed E-state index contributed by atoms with van der Waals surface area (Å²) >= 11 is 11.5. The summed E-state index contributed by atoms with van der Waals surface area (Å²) in [6.07, 6.45) is 2.10. The number of benzene rings is 1. The van der Waals surface area contributed by atoms with Gasteiger partial charge in [0.15, 0.2) is 0 Å². The third kappa shape index (κ3) is 4.90. The lowest BCUT2D eigenvalue weighted by molar-refractivity contribution is 0.0951. The predicted molar refractivity (Wildman–Crippen MR) is 87.9 cm³/mol. The fraction of sp³-hybridized carbons (Fsp3) is 0.250. The molecule has 0 unspecified atom stereocenters. The molecule has 1 amide bonds. The van der Waals surface area contributed by atoms with Crippen LogP contribution in [0.3, 0.4) is 0 Å². The van der Waals surface area contributed by atoms with Gasteiger partial charge in [0, 0.05) is 12.7 Å². The smallest absolute Gasteiger partial charge is 0.252 e. The number of hydrogen-bond donors (Lipinski definition) is 1. The Kier molecular flexibility index (Phi) is 6.04. The summed E-state index contributed by atoms with van der Waals surface area (Å²) in [5.74, 6) is 0.599. The van der Waals surface area contributed by atoms with E-state index in [-0.39, 0.29) is 16.1 Å². The van der Waals surface area contributed by atoms with Crippen LogP contribution in [-0.2, 0) is 0 Å². The molecule has 0 fully saturated rings. The van der Waals surface area contributed by atoms with E-state index in [1.165, 1.54) is 12.3 Å². The number of nitrogens with zero attached hydrogens (tertiary/aromatic N) is 1. The van der Waals surface area contributed by atoms with Crippen LogP contribution < -0.4 is 10.1 Å². The van der Waals surface area contributed by atoms with Crippen molar-refractivity contribution in [3.63, 3.8) is 0 Å². The van der Waals surface area contributed by atoms with Crippen LogP contribution in [0.5, 0.6) is 5.75 Å². The van der Waals surface area contributed by atoms with Crippen LogP contribution in [0.2, 0.25) is 10.2 Å². The second kappa shape index (κ2) is 8.01. The zero-order valence-electron chi connectivity index (χ0n) is 12.1. The molecule has 2 aromatic rings. The van der Waals surface area contributed by atoms with Crippen molar-refractivity contribution in [1.29, 1.82) is 0 Å². The summed E-state index contributed by atoms with van der Waals surface area (Å²) < 4.78 is 5.61. The minimum Gasteiger partial charge on any atom is -0.494 e. The number of rotatable bonds is 6. The predicted octanol–water partition coefficient (Wildman–Crippen LogP) is 3.90. The maximum atomic E-state index is 11.9. The van der Waals surface area contributed by atoms with Gasteiger partial charge < -0.3 is 10.1 Å². The van der Waals surface area contributed by atoms with Crippen molar-refractivity contribution in [2.75, 3.05) is 13.2 Å². The fourth-order valence-corrected chi connectivity index (χ4v) is 2.09. The third-order valence-corrected chi connectivity index (χ3v) is 3.61. The Morgan fingerprint density at radius 1 is 1.32 bits per heavy atom. The third-order valence-electron chi connectivity index (χ3n) is 2.92. The average molecular weight is 339 g/mol. The van der Waals surface area contributed by atoms with E-state index in [1.54, 1.807) is 0 Å². The molecule has 0 radical (unpaired) electrons. The highest BCUT2D eigenvalue weighted by Gasteiger charge is 2.08. The molecule has 116 valence electrons. The number of ether oxygens (including phenoxy) is 1. The lowest BCUT2D eigenvalue weighted by atomic mass is 10.2. The van der Waals surface area contributed by atoms with Gasteiger partial charge in [0.05, 0.1) is 17.2 Å². The highest BCUT2D eigenvalue weighted by atomic mass is 35.5. The first kappa shape index (κ1) is 16.6. The number of aryl methyl sites for hydroxylation is 1. The zero-order chi connectivity index (χ0) is 15.9. The minimum absolute atomic E-state index is 0.185. The Balaban J connectivity index is 1.72. The molecule has 0 spiro atoms. The Bertz CT molecular complexity index is 662. The molecule has 6 heteroatoms. The first-order valence-corrected chi connectivity index (χ1v) is 7.60. The number of amides is 1. The maximum absolute atomic E-state index is 11.9. The van der Waals surface area contributed by atoms with E-state index in [9.17, 15) is 4.79 Å². The standard InChI is InChI=1S/C16H16Cl2N2O2/c1-11-4-2-5-13(8-11)22-7-3-6-19-16(21)12-9-14(17)15(18)20-10-12/h2,4-5,8-10H,3,6-7H2,1H3,(H,19,21). The van der Waals surface area contributed by atoms with Crippen LogP contribution in [-0.4, -0.2) is 24.0 Å². The van der Waals surface area contributed by atoms with Gasteiger partial charge in [-0.05, 0) is 37.1 Å². The first-order valence-electron chi connectivity index (χ1n) is 6.85. The molecule has 22 heavy (non-hydrogen) atoms. The molecular formula is C16H16Cl2N2O2. The average Bonchev–Trinajstić information content (AvgIpc) is 2.49. The molecule has 1 N–H and O–H groups in total. The SMILES string of the molecule is Cc1cccc(OCCCNC(=O)c2cnc(Cl)c(Cl)c2)c1. The molecule has 0 aliphatic rings. The molecule has 1 heterocycles. The molecule has 0 bridgehead atoms. The van der Waals surface area contributed by atoms with Gasteiger partial charge >= 0.3 is 0 Å². The van der Waals surface area contributed by atoms with Gasteiger partial charge in [-0.3, -0.25) is 4.79 Å². The van der Waals surface area contributed by atoms with E-state index in [1.807, 2.05) is 31.2 Å². The lowest BCUT2D eigenvalue weighted by Crippen LogP contribution is -2.25. The second-order valence-corrected chi connectivity index (χ2v) is 5.54. The van der Waals surface area contributed by atoms with Gasteiger partial charge in [-0.25, -0.2) is 4.98 Å². The van der Waals surface area contributed by atoms with Crippen LogP contribution in [0.25, 0.3) is 0 Å². The summed E-state index contributed by atoms with van der Waals surface area (Å²) in [7, 11) is 0. The number of halogens is 2. The largest absolute Gasteiger partial charge is 0.494 e. The van der Waals surface area contributed by atoms with E-state index in [2.05, 4.69) is 10.3 Å². The number of aromatic nitrogens is 1. The molecule has 2 rings (SSSR count). The molecule has 0 aliphatic heterocycles. The molecular weight excluding hydrogens is 323 g/mol. The number of carbonyl (C=O) groups is 1. The van der Waals surface area contributed by atoms with Crippen molar-refractivity contribution in [1.82, 2.24) is 10.3 Å². The summed E-state index contributed by atoms with van der Waals surface area (Å²) in [5, 5.41) is 3.23. The van der Waals surface area contributed by atoms with Crippen molar-refractivity contribution in [3.05, 3.63) is 57.8 Å². The van der Waals surface area contributed by atoms with E-state index in [4.69, 9.17) is 27.9 Å². The summed E-state index contributed by atoms with van der Waals surface area (Å²) in [5.41, 5.74) is 1.53. The van der Waals surface area contributed by atoms with Gasteiger partial charge in [-0.2, -0.15) is 0 Å². The van der Waals surface area contributed by atoms with Crippen LogP contribution in [0.15, 0.2) is 36.5 Å². The van der Waals surface area contributed by atoms with Gasteiger partial charge in [0.1, 0.15) is 10.9 Å². The van der Waals surface area contributed by atoms with Crippen LogP contribution in [0.4, 0.5) is 0 Å². The van der Waals surface area contributed by atoms with Crippen molar-refractivity contribution in [2.45, 2.75) is 13.3 Å². The van der Waals surface area contributed by atoms with Crippen molar-refractivity contribution < 1.29 is 9.53 Å². The molecule has 0 saturated carbocycles. The zero-order valence-corrected chi connectivity index (χ0v) is 13.6. The first-order chi connectivity index (χ1) is 10.6. The van der Waals surface area contributed by atoms with Crippen LogP contribution in [0, 0.1) is 6.92 Å². The Hall–Kier alpha value is -1.78. The van der Waals surface area contributed by atoms with Gasteiger partial charge in [-0.15, -0.1) is 0 Å². The molecule has 0 atom stereocenters. The fourth-order valence-electron chi connectivity index (χ4n) is 1.82. The van der Waals surface area contributed by atoms with Gasteiger partial charge in [0.25, 0.3) is 5.91 Å². The number of hydrogen-bond acceptors (Lipinski definition) is 3. The maximum Gasteiger partial charge on any atom is 0.252 e. The Morgan fingerprint density at radius 2 is 2.14 bits per heavy atom. The topological polar surface area (TPSA) is 51.2 Å². The van der Waals surface area contributed by atoms with E-state index in [0.717, 1.165) is 11.3 Å². The Morgan fingerprint density at radius 3 is 2.86 bits per heavy atom. The van der Waals surface area contributed by atoms with Crippen molar-refractivity contribution in [2.24, 2.45) is 0 Å². The lowest BCUT2D eigenvalue weighted by Gasteiger charge is -2.08. The Labute approximate surface area is 139 Å². The monoisotopic (exact) mass is 338 g/mol. The molecule has 1 aromatic carbocycles. The highest BCUT2D eigenvalue weighted by molar-refractivity contribution is 6.41. The summed E-state index contributed by atoms with van der Waals surface area (Å²) in [4.78, 5) is 15.7. The number of nitrogens with one attached hydrogen (secondary N) is 1. The van der Waals surface area contributed by atoms with E-state index >= 15 is 0 Å². The van der Waals surface area contributed by atoms with Crippen LogP contribution in [0.1, 0.15) is 22.3 Å². The molecule has 0 saturated heterocycles. The van der Waals surface area contributed by atoms with E-state index < -0.39 is 0 Å². The normalized spacial score (nSPS) is 10.3. The molecule has 4 nitrogen and oxygen atoms in total. The van der Waals surface area contributed by atoms with Crippen molar-refractivity contribution in [3.8, 4) is 5.75 Å². The second-order valence-electron chi connectivity index (χ2n) is 4.77. The van der Waals surface area contributed by atoms with Crippen molar-refractivity contribution >= 4 is 29.1 Å². The van der Waals surface area contributed by atoms with Gasteiger partial charge in [-0.1, -0.05) is 35.3 Å². The minimum atomic E-state index is -0.235. The highest BCUT2D eigenvalue weighted by Crippen LogP contribution is 2.19. The molecule has 1 aromatic heterocycles. The van der Waals surface area contributed by atoms with E-state index in [0.29, 0.717) is 25.1 Å². The summed E-state index contributed by atoms with van der Waals surface area (Å²) in [6.45, 7) is 3.05. The number of pyridine rings is 1. The van der Waals surface area contributed by atoms with Gasteiger partial charge in [0.2, 0.25) is 0 Å². The van der Waals surface area contributed by atoms with Crippen LogP contribution >= 0.6 is 23.2 Å². The molecule has 0 aliphatic carbocycles.